The highest BCUT2D eigenvalue weighted by atomic mass is 79.9. The van der Waals surface area contributed by atoms with E-state index in [0.29, 0.717) is 6.04 Å². The van der Waals surface area contributed by atoms with Gasteiger partial charge in [0.1, 0.15) is 5.75 Å². The minimum atomic E-state index is 0.575. The molecule has 0 aromatic heterocycles. The maximum Gasteiger partial charge on any atom is 0.119 e. The molecule has 0 heterocycles. The smallest absolute Gasteiger partial charge is 0.119 e. The third kappa shape index (κ3) is 4.46. The van der Waals surface area contributed by atoms with E-state index in [2.05, 4.69) is 47.2 Å². The van der Waals surface area contributed by atoms with Gasteiger partial charge in [0.05, 0.1) is 7.11 Å². The van der Waals surface area contributed by atoms with Crippen molar-refractivity contribution in [1.29, 1.82) is 0 Å². The molecule has 1 saturated carbocycles. The summed E-state index contributed by atoms with van der Waals surface area (Å²) in [5.41, 5.74) is 1.35. The van der Waals surface area contributed by atoms with Crippen LogP contribution >= 0.6 is 15.9 Å². The van der Waals surface area contributed by atoms with Gasteiger partial charge in [0.2, 0.25) is 0 Å². The first kappa shape index (κ1) is 16.8. The minimum absolute atomic E-state index is 0.575. The molecule has 0 saturated heterocycles. The van der Waals surface area contributed by atoms with Crippen LogP contribution in [0.3, 0.4) is 0 Å². The summed E-state index contributed by atoms with van der Waals surface area (Å²) in [6.07, 6.45) is 6.40. The summed E-state index contributed by atoms with van der Waals surface area (Å²) in [7, 11) is 1.73. The van der Waals surface area contributed by atoms with Gasteiger partial charge < -0.3 is 10.1 Å². The molecular formula is C18H28BrNO. The zero-order valence-corrected chi connectivity index (χ0v) is 15.1. The predicted octanol–water partition coefficient (Wildman–Crippen LogP) is 4.80. The van der Waals surface area contributed by atoms with Crippen molar-refractivity contribution in [3.8, 4) is 5.75 Å². The zero-order chi connectivity index (χ0) is 15.2. The van der Waals surface area contributed by atoms with Crippen molar-refractivity contribution in [2.24, 2.45) is 11.8 Å². The van der Waals surface area contributed by atoms with Crippen molar-refractivity contribution in [2.45, 2.75) is 52.0 Å². The van der Waals surface area contributed by atoms with E-state index in [1.165, 1.54) is 35.7 Å². The van der Waals surface area contributed by atoms with Gasteiger partial charge in [0.15, 0.2) is 0 Å². The number of nitrogens with one attached hydrogen (secondary N) is 1. The largest absolute Gasteiger partial charge is 0.497 e. The lowest BCUT2D eigenvalue weighted by molar-refractivity contribution is 0.295. The fourth-order valence-electron chi connectivity index (χ4n) is 3.55. The standard InChI is InChI=1S/C18H28BrNO/c1-4-10-20-18(16-7-5-6-13(16)2)12-14-11-15(21-3)8-9-17(14)19/h8-9,11,13,16,18,20H,4-7,10,12H2,1-3H3. The van der Waals surface area contributed by atoms with Gasteiger partial charge in [-0.1, -0.05) is 42.6 Å². The number of benzene rings is 1. The molecule has 0 aliphatic heterocycles. The van der Waals surface area contributed by atoms with E-state index in [-0.39, 0.29) is 0 Å². The molecule has 2 rings (SSSR count). The minimum Gasteiger partial charge on any atom is -0.497 e. The van der Waals surface area contributed by atoms with Gasteiger partial charge in [-0.25, -0.2) is 0 Å². The molecule has 1 aromatic carbocycles. The molecule has 1 aromatic rings. The van der Waals surface area contributed by atoms with Gasteiger partial charge in [0, 0.05) is 10.5 Å². The summed E-state index contributed by atoms with van der Waals surface area (Å²) in [6.45, 7) is 5.76. The van der Waals surface area contributed by atoms with Crippen LogP contribution in [0.2, 0.25) is 0 Å². The van der Waals surface area contributed by atoms with E-state index < -0.39 is 0 Å². The monoisotopic (exact) mass is 353 g/mol. The molecule has 21 heavy (non-hydrogen) atoms. The van der Waals surface area contributed by atoms with Crippen LogP contribution in [0.4, 0.5) is 0 Å². The molecular weight excluding hydrogens is 326 g/mol. The van der Waals surface area contributed by atoms with Gasteiger partial charge in [-0.15, -0.1) is 0 Å². The maximum atomic E-state index is 5.38. The Hall–Kier alpha value is -0.540. The molecule has 0 amide bonds. The molecule has 1 N–H and O–H groups in total. The SMILES string of the molecule is CCCNC(Cc1cc(OC)ccc1Br)C1CCCC1C. The fourth-order valence-corrected chi connectivity index (χ4v) is 3.96. The van der Waals surface area contributed by atoms with Crippen molar-refractivity contribution in [3.05, 3.63) is 28.2 Å². The van der Waals surface area contributed by atoms with Crippen molar-refractivity contribution in [3.63, 3.8) is 0 Å². The van der Waals surface area contributed by atoms with Crippen LogP contribution in [-0.2, 0) is 6.42 Å². The third-order valence-corrected chi connectivity index (χ3v) is 5.57. The third-order valence-electron chi connectivity index (χ3n) is 4.79. The Morgan fingerprint density at radius 1 is 1.38 bits per heavy atom. The number of rotatable bonds is 7. The van der Waals surface area contributed by atoms with E-state index in [4.69, 9.17) is 4.74 Å². The van der Waals surface area contributed by atoms with Crippen molar-refractivity contribution in [1.82, 2.24) is 5.32 Å². The Kier molecular flexibility index (Phi) is 6.56. The summed E-state index contributed by atoms with van der Waals surface area (Å²) in [6, 6.07) is 6.86. The Balaban J connectivity index is 2.13. The van der Waals surface area contributed by atoms with Crippen molar-refractivity contribution < 1.29 is 4.74 Å². The number of halogens is 1. The van der Waals surface area contributed by atoms with E-state index in [1.807, 2.05) is 6.07 Å². The molecule has 1 aliphatic carbocycles. The molecule has 3 unspecified atom stereocenters. The van der Waals surface area contributed by atoms with E-state index >= 15 is 0 Å². The highest BCUT2D eigenvalue weighted by molar-refractivity contribution is 9.10. The Labute approximate surface area is 137 Å². The quantitative estimate of drug-likeness (QED) is 0.759. The Bertz CT molecular complexity index is 449. The van der Waals surface area contributed by atoms with Gasteiger partial charge >= 0.3 is 0 Å². The highest BCUT2D eigenvalue weighted by Gasteiger charge is 2.30. The molecule has 1 fully saturated rings. The first-order valence-corrected chi connectivity index (χ1v) is 9.00. The molecule has 1 aliphatic rings. The fraction of sp³-hybridized carbons (Fsp3) is 0.667. The summed E-state index contributed by atoms with van der Waals surface area (Å²) in [4.78, 5) is 0. The Morgan fingerprint density at radius 3 is 2.81 bits per heavy atom. The van der Waals surface area contributed by atoms with Crippen LogP contribution in [0.15, 0.2) is 22.7 Å². The molecule has 0 spiro atoms. The number of ether oxygens (including phenoxy) is 1. The average molecular weight is 354 g/mol. The second-order valence-electron chi connectivity index (χ2n) is 6.29. The van der Waals surface area contributed by atoms with Gasteiger partial charge in [0.25, 0.3) is 0 Å². The van der Waals surface area contributed by atoms with Gasteiger partial charge in [-0.2, -0.15) is 0 Å². The van der Waals surface area contributed by atoms with Crippen LogP contribution in [0.5, 0.6) is 5.75 Å². The lowest BCUT2D eigenvalue weighted by Crippen LogP contribution is -2.39. The second kappa shape index (κ2) is 8.19. The van der Waals surface area contributed by atoms with E-state index in [9.17, 15) is 0 Å². The maximum absolute atomic E-state index is 5.38. The summed E-state index contributed by atoms with van der Waals surface area (Å²) in [5, 5.41) is 3.79. The normalized spacial score (nSPS) is 23.2. The highest BCUT2D eigenvalue weighted by Crippen LogP contribution is 2.36. The molecule has 118 valence electrons. The van der Waals surface area contributed by atoms with Crippen LogP contribution < -0.4 is 10.1 Å². The molecule has 3 heteroatoms. The Morgan fingerprint density at radius 2 is 2.19 bits per heavy atom. The molecule has 0 radical (unpaired) electrons. The van der Waals surface area contributed by atoms with Crippen LogP contribution in [0.25, 0.3) is 0 Å². The lowest BCUT2D eigenvalue weighted by atomic mass is 9.86. The first-order valence-electron chi connectivity index (χ1n) is 8.21. The molecule has 3 atom stereocenters. The lowest BCUT2D eigenvalue weighted by Gasteiger charge is -2.28. The summed E-state index contributed by atoms with van der Waals surface area (Å²) in [5.74, 6) is 2.58. The number of hydrogen-bond donors (Lipinski definition) is 1. The zero-order valence-electron chi connectivity index (χ0n) is 13.5. The van der Waals surface area contributed by atoms with Gasteiger partial charge in [-0.3, -0.25) is 0 Å². The molecule has 0 bridgehead atoms. The van der Waals surface area contributed by atoms with Crippen molar-refractivity contribution >= 4 is 15.9 Å². The number of hydrogen-bond acceptors (Lipinski definition) is 2. The van der Waals surface area contributed by atoms with Gasteiger partial charge in [-0.05, 0) is 61.4 Å². The summed E-state index contributed by atoms with van der Waals surface area (Å²) < 4.78 is 6.57. The first-order chi connectivity index (χ1) is 10.2. The van der Waals surface area contributed by atoms with Crippen LogP contribution in [0, 0.1) is 11.8 Å². The van der Waals surface area contributed by atoms with E-state index in [0.717, 1.165) is 30.6 Å². The average Bonchev–Trinajstić information content (AvgIpc) is 2.91. The topological polar surface area (TPSA) is 21.3 Å². The van der Waals surface area contributed by atoms with E-state index in [1.54, 1.807) is 7.11 Å². The molecule has 2 nitrogen and oxygen atoms in total. The van der Waals surface area contributed by atoms with Crippen LogP contribution in [0.1, 0.15) is 45.1 Å². The summed E-state index contributed by atoms with van der Waals surface area (Å²) >= 11 is 3.70. The number of methoxy groups -OCH3 is 1. The second-order valence-corrected chi connectivity index (χ2v) is 7.15. The van der Waals surface area contributed by atoms with Crippen LogP contribution in [-0.4, -0.2) is 19.7 Å². The van der Waals surface area contributed by atoms with Crippen molar-refractivity contribution in [2.75, 3.05) is 13.7 Å². The predicted molar refractivity (Wildman–Crippen MR) is 93.0 cm³/mol.